The Morgan fingerprint density at radius 3 is 2.55 bits per heavy atom. The van der Waals surface area contributed by atoms with Crippen LogP contribution in [-0.2, 0) is 6.54 Å². The van der Waals surface area contributed by atoms with E-state index in [1.807, 2.05) is 0 Å². The summed E-state index contributed by atoms with van der Waals surface area (Å²) in [6.45, 7) is 8.65. The molecule has 1 heterocycles. The highest BCUT2D eigenvalue weighted by atomic mass is 15.2. The molecule has 110 valence electrons. The van der Waals surface area contributed by atoms with Gasteiger partial charge in [0.15, 0.2) is 0 Å². The Hall–Kier alpha value is -1.09. The number of hydrogen-bond donors (Lipinski definition) is 1. The lowest BCUT2D eigenvalue weighted by Crippen LogP contribution is -2.29. The molecule has 3 heteroatoms. The van der Waals surface area contributed by atoms with Crippen molar-refractivity contribution in [1.82, 2.24) is 10.3 Å². The minimum Gasteiger partial charge on any atom is -0.353 e. The second-order valence-corrected chi connectivity index (χ2v) is 6.78. The fourth-order valence-electron chi connectivity index (χ4n) is 2.63. The molecule has 0 atom stereocenters. The predicted octanol–water partition coefficient (Wildman–Crippen LogP) is 3.27. The number of aromatic nitrogens is 1. The summed E-state index contributed by atoms with van der Waals surface area (Å²) in [4.78, 5) is 7.44. The molecule has 2 aliphatic rings. The summed E-state index contributed by atoms with van der Waals surface area (Å²) in [5.41, 5.74) is 2.50. The smallest absolute Gasteiger partial charge is 0.129 e. The van der Waals surface area contributed by atoms with Crippen LogP contribution in [0.5, 0.6) is 0 Å². The molecular weight excluding hydrogens is 246 g/mol. The molecule has 1 N–H and O–H groups in total. The third kappa shape index (κ3) is 3.51. The highest BCUT2D eigenvalue weighted by molar-refractivity contribution is 5.44. The fourth-order valence-corrected chi connectivity index (χ4v) is 2.63. The molecule has 0 saturated heterocycles. The summed E-state index contributed by atoms with van der Waals surface area (Å²) < 4.78 is 0. The monoisotopic (exact) mass is 273 g/mol. The van der Waals surface area contributed by atoms with Gasteiger partial charge in [0.2, 0.25) is 0 Å². The Balaban J connectivity index is 1.70. The molecule has 0 unspecified atom stereocenters. The van der Waals surface area contributed by atoms with Crippen molar-refractivity contribution < 1.29 is 0 Å². The van der Waals surface area contributed by atoms with Gasteiger partial charge in [0.05, 0.1) is 0 Å². The van der Waals surface area contributed by atoms with E-state index in [4.69, 9.17) is 4.98 Å². The zero-order valence-corrected chi connectivity index (χ0v) is 13.0. The van der Waals surface area contributed by atoms with Crippen molar-refractivity contribution in [2.45, 2.75) is 65.1 Å². The van der Waals surface area contributed by atoms with Crippen molar-refractivity contribution in [3.8, 4) is 0 Å². The van der Waals surface area contributed by atoms with E-state index in [2.05, 4.69) is 43.1 Å². The first kappa shape index (κ1) is 13.9. The Morgan fingerprint density at radius 2 is 2.00 bits per heavy atom. The van der Waals surface area contributed by atoms with Gasteiger partial charge in [0.25, 0.3) is 0 Å². The summed E-state index contributed by atoms with van der Waals surface area (Å²) in [7, 11) is 0. The van der Waals surface area contributed by atoms with E-state index in [-0.39, 0.29) is 0 Å². The number of aryl methyl sites for hydroxylation is 1. The van der Waals surface area contributed by atoms with E-state index in [9.17, 15) is 0 Å². The van der Waals surface area contributed by atoms with E-state index < -0.39 is 0 Å². The average molecular weight is 273 g/mol. The van der Waals surface area contributed by atoms with Gasteiger partial charge < -0.3 is 10.2 Å². The molecule has 0 radical (unpaired) electrons. The molecular formula is C17H27N3. The van der Waals surface area contributed by atoms with Gasteiger partial charge in [-0.05, 0) is 50.2 Å². The fraction of sp³-hybridized carbons (Fsp3) is 0.706. The molecule has 0 aromatic carbocycles. The van der Waals surface area contributed by atoms with Crippen LogP contribution < -0.4 is 10.2 Å². The predicted molar refractivity (Wildman–Crippen MR) is 84.0 cm³/mol. The lowest BCUT2D eigenvalue weighted by atomic mass is 10.2. The molecule has 2 fully saturated rings. The van der Waals surface area contributed by atoms with Crippen LogP contribution in [0.15, 0.2) is 12.1 Å². The van der Waals surface area contributed by atoms with Crippen LogP contribution in [0, 0.1) is 12.8 Å². The van der Waals surface area contributed by atoms with Gasteiger partial charge in [-0.2, -0.15) is 0 Å². The zero-order valence-electron chi connectivity index (χ0n) is 13.0. The lowest BCUT2D eigenvalue weighted by Gasteiger charge is -2.24. The highest BCUT2D eigenvalue weighted by Gasteiger charge is 2.34. The van der Waals surface area contributed by atoms with Gasteiger partial charge in [-0.15, -0.1) is 0 Å². The average Bonchev–Trinajstić information content (AvgIpc) is 3.26. The maximum Gasteiger partial charge on any atom is 0.129 e. The third-order valence-electron chi connectivity index (χ3n) is 4.32. The van der Waals surface area contributed by atoms with Crippen LogP contribution in [0.3, 0.4) is 0 Å². The second-order valence-electron chi connectivity index (χ2n) is 6.78. The number of nitrogens with zero attached hydrogens (tertiary/aromatic N) is 2. The highest BCUT2D eigenvalue weighted by Crippen LogP contribution is 2.37. The van der Waals surface area contributed by atoms with Gasteiger partial charge in [0, 0.05) is 30.9 Å². The molecule has 1 aromatic heterocycles. The van der Waals surface area contributed by atoms with Gasteiger partial charge in [-0.25, -0.2) is 4.98 Å². The molecule has 3 rings (SSSR count). The Morgan fingerprint density at radius 1 is 1.25 bits per heavy atom. The largest absolute Gasteiger partial charge is 0.353 e. The van der Waals surface area contributed by atoms with E-state index in [0.29, 0.717) is 6.04 Å². The first-order valence-corrected chi connectivity index (χ1v) is 8.10. The first-order chi connectivity index (χ1) is 9.63. The van der Waals surface area contributed by atoms with Gasteiger partial charge in [0.1, 0.15) is 5.82 Å². The van der Waals surface area contributed by atoms with E-state index >= 15 is 0 Å². The summed E-state index contributed by atoms with van der Waals surface area (Å²) in [5.74, 6) is 2.13. The Labute approximate surface area is 122 Å². The maximum absolute atomic E-state index is 4.88. The molecule has 0 spiro atoms. The summed E-state index contributed by atoms with van der Waals surface area (Å²) in [5, 5.41) is 3.48. The molecule has 0 amide bonds. The molecule has 3 nitrogen and oxygen atoms in total. The normalized spacial score (nSPS) is 18.6. The van der Waals surface area contributed by atoms with E-state index in [1.54, 1.807) is 0 Å². The SMILES string of the molecule is Cc1nc(N(CC2CC2)C2CC2)ccc1CNC(C)C. The molecule has 0 bridgehead atoms. The van der Waals surface area contributed by atoms with Crippen LogP contribution >= 0.6 is 0 Å². The van der Waals surface area contributed by atoms with Gasteiger partial charge >= 0.3 is 0 Å². The van der Waals surface area contributed by atoms with Crippen LogP contribution in [0.1, 0.15) is 50.8 Å². The van der Waals surface area contributed by atoms with Crippen LogP contribution in [0.2, 0.25) is 0 Å². The van der Waals surface area contributed by atoms with Gasteiger partial charge in [-0.3, -0.25) is 0 Å². The number of anilines is 1. The maximum atomic E-state index is 4.88. The molecule has 1 aromatic rings. The van der Waals surface area contributed by atoms with Crippen molar-refractivity contribution in [2.75, 3.05) is 11.4 Å². The summed E-state index contributed by atoms with van der Waals surface area (Å²) >= 11 is 0. The van der Waals surface area contributed by atoms with Crippen molar-refractivity contribution in [3.63, 3.8) is 0 Å². The minimum atomic E-state index is 0.520. The van der Waals surface area contributed by atoms with Crippen molar-refractivity contribution in [2.24, 2.45) is 5.92 Å². The van der Waals surface area contributed by atoms with Crippen LogP contribution in [0.4, 0.5) is 5.82 Å². The van der Waals surface area contributed by atoms with Crippen molar-refractivity contribution in [3.05, 3.63) is 23.4 Å². The van der Waals surface area contributed by atoms with Crippen molar-refractivity contribution in [1.29, 1.82) is 0 Å². The number of pyridine rings is 1. The Bertz CT molecular complexity index is 461. The zero-order chi connectivity index (χ0) is 14.1. The number of nitrogens with one attached hydrogen (secondary N) is 1. The van der Waals surface area contributed by atoms with E-state index in [1.165, 1.54) is 49.3 Å². The molecule has 0 aliphatic heterocycles. The van der Waals surface area contributed by atoms with Crippen LogP contribution in [0.25, 0.3) is 0 Å². The second kappa shape index (κ2) is 5.72. The standard InChI is InChI=1S/C17H27N3/c1-12(2)18-10-15-6-9-17(19-13(15)3)20(16-7-8-16)11-14-4-5-14/h6,9,12,14,16,18H,4-5,7-8,10-11H2,1-3H3. The summed E-state index contributed by atoms with van der Waals surface area (Å²) in [6.07, 6.45) is 5.53. The summed E-state index contributed by atoms with van der Waals surface area (Å²) in [6, 6.07) is 5.77. The van der Waals surface area contributed by atoms with Crippen molar-refractivity contribution >= 4 is 5.82 Å². The quantitative estimate of drug-likeness (QED) is 0.826. The first-order valence-electron chi connectivity index (χ1n) is 8.10. The lowest BCUT2D eigenvalue weighted by molar-refractivity contribution is 0.586. The third-order valence-corrected chi connectivity index (χ3v) is 4.32. The van der Waals surface area contributed by atoms with E-state index in [0.717, 1.165) is 18.5 Å². The van der Waals surface area contributed by atoms with Crippen LogP contribution in [-0.4, -0.2) is 23.6 Å². The molecule has 2 aliphatic carbocycles. The minimum absolute atomic E-state index is 0.520. The number of hydrogen-bond acceptors (Lipinski definition) is 3. The number of rotatable bonds is 7. The molecule has 2 saturated carbocycles. The Kier molecular flexibility index (Phi) is 3.97. The van der Waals surface area contributed by atoms with Gasteiger partial charge in [-0.1, -0.05) is 19.9 Å². The topological polar surface area (TPSA) is 28.2 Å². The molecule has 20 heavy (non-hydrogen) atoms.